The van der Waals surface area contributed by atoms with Crippen molar-refractivity contribution in [2.45, 2.75) is 0 Å². The number of benzene rings is 10. The van der Waals surface area contributed by atoms with Gasteiger partial charge >= 0.3 is 0 Å². The molecule has 82 heavy (non-hydrogen) atoms. The fourth-order valence-electron chi connectivity index (χ4n) is 12.6. The van der Waals surface area contributed by atoms with Gasteiger partial charge in [0.15, 0.2) is 11.6 Å². The van der Waals surface area contributed by atoms with Crippen LogP contribution in [0.3, 0.4) is 0 Å². The van der Waals surface area contributed by atoms with Crippen LogP contribution in [0.5, 0.6) is 0 Å². The number of rotatable bonds is 7. The van der Waals surface area contributed by atoms with Gasteiger partial charge in [0.05, 0.1) is 66.2 Å². The van der Waals surface area contributed by atoms with Crippen LogP contribution in [0.15, 0.2) is 243 Å². The van der Waals surface area contributed by atoms with E-state index in [2.05, 4.69) is 161 Å². The van der Waals surface area contributed by atoms with E-state index in [9.17, 15) is 0 Å². The van der Waals surface area contributed by atoms with Crippen molar-refractivity contribution in [2.75, 3.05) is 0 Å². The Balaban J connectivity index is 0.880. The molecule has 0 aliphatic carbocycles. The number of para-hydroxylation sites is 10. The van der Waals surface area contributed by atoms with E-state index in [0.717, 1.165) is 110 Å². The molecule has 0 aliphatic rings. The minimum absolute atomic E-state index is 0.453. The summed E-state index contributed by atoms with van der Waals surface area (Å²) in [6, 6.07) is 83.4. The van der Waals surface area contributed by atoms with E-state index in [1.54, 1.807) is 0 Å². The van der Waals surface area contributed by atoms with Gasteiger partial charge in [-0.2, -0.15) is 29.9 Å². The van der Waals surface area contributed by atoms with E-state index in [0.29, 0.717) is 47.0 Å². The molecule has 0 spiro atoms. The highest BCUT2D eigenvalue weighted by atomic mass is 15.3. The molecule has 0 radical (unpaired) electrons. The van der Waals surface area contributed by atoms with Crippen LogP contribution in [0.4, 0.5) is 0 Å². The summed E-state index contributed by atoms with van der Waals surface area (Å²) in [7, 11) is 0. The Hall–Kier alpha value is -11.6. The Labute approximate surface area is 464 Å². The first-order valence-corrected chi connectivity index (χ1v) is 27.1. The fourth-order valence-corrected chi connectivity index (χ4v) is 12.6. The second-order valence-corrected chi connectivity index (χ2v) is 20.5. The highest BCUT2D eigenvalue weighted by Gasteiger charge is 2.27. The molecule has 0 amide bonds. The van der Waals surface area contributed by atoms with Crippen LogP contribution in [0.2, 0.25) is 0 Å². The van der Waals surface area contributed by atoms with Crippen molar-refractivity contribution in [3.8, 4) is 57.7 Å². The van der Waals surface area contributed by atoms with Gasteiger partial charge in [-0.1, -0.05) is 170 Å². The topological polar surface area (TPSA) is 132 Å². The van der Waals surface area contributed by atoms with Crippen molar-refractivity contribution in [1.29, 1.82) is 0 Å². The predicted octanol–water partition coefficient (Wildman–Crippen LogP) is 14.7. The zero-order valence-corrected chi connectivity index (χ0v) is 43.4. The van der Waals surface area contributed by atoms with Crippen molar-refractivity contribution >= 4 is 99.3 Å². The Kier molecular flexibility index (Phi) is 9.16. The lowest BCUT2D eigenvalue weighted by atomic mass is 9.95. The molecule has 0 N–H and O–H groups in total. The molecule has 14 heteroatoms. The Morgan fingerprint density at radius 1 is 0.220 bits per heavy atom. The van der Waals surface area contributed by atoms with Crippen molar-refractivity contribution in [3.05, 3.63) is 243 Å². The number of hydrogen-bond acceptors (Lipinski definition) is 8. The number of imidazole rings is 4. The van der Waals surface area contributed by atoms with Crippen LogP contribution in [0, 0.1) is 0 Å². The van der Waals surface area contributed by atoms with Crippen LogP contribution < -0.4 is 0 Å². The predicted molar refractivity (Wildman–Crippen MR) is 324 cm³/mol. The summed E-state index contributed by atoms with van der Waals surface area (Å²) < 4.78 is 12.9. The van der Waals surface area contributed by atoms with Gasteiger partial charge in [-0.3, -0.25) is 17.9 Å². The summed E-state index contributed by atoms with van der Waals surface area (Å²) in [5.41, 5.74) is 15.2. The standard InChI is InChI=1S/C68H40N14/c1-3-21-41(22-4-1)61-71-63(75-65(73-61)81-55-37-17-15-35-53(55)79-51-33-13-9-29-47(51)69-67(79)81)77-49-31-11-7-25-45(49)59-43(27-19-39-57(59)77)44-28-20-40-58-60(44)46-26-8-12-32-50(46)78(58)64-72-62(42-23-5-2-6-24-42)74-66(76-64)82-56-38-18-16-36-54(56)80-52-34-14-10-30-48(52)70-68(80)82/h1-40H. The molecule has 10 aromatic carbocycles. The second kappa shape index (κ2) is 16.9. The van der Waals surface area contributed by atoms with Crippen LogP contribution in [-0.4, -0.2) is 66.9 Å². The maximum Gasteiger partial charge on any atom is 0.242 e. The van der Waals surface area contributed by atoms with Crippen LogP contribution in [0.1, 0.15) is 0 Å². The number of fused-ring (bicyclic) bond motifs is 16. The van der Waals surface area contributed by atoms with Crippen molar-refractivity contribution < 1.29 is 0 Å². The molecule has 8 aromatic heterocycles. The molecule has 0 unspecified atom stereocenters. The summed E-state index contributed by atoms with van der Waals surface area (Å²) in [5.74, 6) is 4.36. The molecule has 18 aromatic rings. The molecule has 0 aliphatic heterocycles. The lowest BCUT2D eigenvalue weighted by molar-refractivity contribution is 0.884. The zero-order valence-electron chi connectivity index (χ0n) is 43.4. The monoisotopic (exact) mass is 1050 g/mol. The third kappa shape index (κ3) is 6.27. The Bertz CT molecular complexity index is 5310. The van der Waals surface area contributed by atoms with Crippen LogP contribution in [0.25, 0.3) is 157 Å². The molecule has 14 nitrogen and oxygen atoms in total. The summed E-state index contributed by atoms with van der Waals surface area (Å²) in [6.45, 7) is 0. The average molecular weight is 1050 g/mol. The van der Waals surface area contributed by atoms with Gasteiger partial charge in [0.1, 0.15) is 0 Å². The first-order valence-electron chi connectivity index (χ1n) is 27.1. The van der Waals surface area contributed by atoms with Crippen molar-refractivity contribution in [3.63, 3.8) is 0 Å². The number of aromatic nitrogens is 14. The molecule has 382 valence electrons. The van der Waals surface area contributed by atoms with E-state index >= 15 is 0 Å². The minimum Gasteiger partial charge on any atom is -0.278 e. The molecule has 8 heterocycles. The van der Waals surface area contributed by atoms with E-state index in [1.807, 2.05) is 109 Å². The van der Waals surface area contributed by atoms with E-state index < -0.39 is 0 Å². The average Bonchev–Trinajstić information content (AvgIpc) is 2.35. The molecule has 0 atom stereocenters. The smallest absolute Gasteiger partial charge is 0.242 e. The van der Waals surface area contributed by atoms with Gasteiger partial charge in [0.25, 0.3) is 0 Å². The van der Waals surface area contributed by atoms with Crippen LogP contribution >= 0.6 is 0 Å². The maximum atomic E-state index is 5.46. The summed E-state index contributed by atoms with van der Waals surface area (Å²) in [6.07, 6.45) is 0. The Morgan fingerprint density at radius 3 is 0.976 bits per heavy atom. The largest absolute Gasteiger partial charge is 0.278 e. The minimum atomic E-state index is 0.453. The van der Waals surface area contributed by atoms with Gasteiger partial charge in [0.2, 0.25) is 35.3 Å². The zero-order chi connectivity index (χ0) is 53.6. The third-order valence-corrected chi connectivity index (χ3v) is 16.0. The molecule has 18 rings (SSSR count). The molecular weight excluding hydrogens is 1010 g/mol. The Morgan fingerprint density at radius 2 is 0.549 bits per heavy atom. The summed E-state index contributed by atoms with van der Waals surface area (Å²) in [4.78, 5) is 42.6. The molecule has 0 bridgehead atoms. The highest BCUT2D eigenvalue weighted by molar-refractivity contribution is 6.22. The molecule has 0 saturated carbocycles. The van der Waals surface area contributed by atoms with E-state index in [1.165, 1.54) is 0 Å². The first-order chi connectivity index (χ1) is 40.7. The van der Waals surface area contributed by atoms with E-state index in [-0.39, 0.29) is 0 Å². The third-order valence-electron chi connectivity index (χ3n) is 16.0. The fraction of sp³-hybridized carbons (Fsp3) is 0. The normalized spacial score (nSPS) is 12.1. The highest BCUT2D eigenvalue weighted by Crippen LogP contribution is 2.44. The van der Waals surface area contributed by atoms with Gasteiger partial charge in [0, 0.05) is 32.7 Å². The SMILES string of the molecule is c1ccc(-c2nc(-n3c4ccccc4c4c(-c5cccc6c5c5ccccc5n6-c5nc(-c6ccccc6)nc(-n6c7ccccc7n7c8ccccc8nc67)n5)cccc43)nc(-n3c4ccccc4n4c5ccccc5nc34)n2)cc1. The molecule has 0 fully saturated rings. The quantitative estimate of drug-likeness (QED) is 0.154. The lowest BCUT2D eigenvalue weighted by Gasteiger charge is -2.12. The van der Waals surface area contributed by atoms with Crippen LogP contribution in [-0.2, 0) is 0 Å². The van der Waals surface area contributed by atoms with Gasteiger partial charge in [-0.05, 0) is 83.9 Å². The summed E-state index contributed by atoms with van der Waals surface area (Å²) >= 11 is 0. The lowest BCUT2D eigenvalue weighted by Crippen LogP contribution is -2.10. The van der Waals surface area contributed by atoms with E-state index in [4.69, 9.17) is 39.9 Å². The van der Waals surface area contributed by atoms with Gasteiger partial charge < -0.3 is 0 Å². The number of hydrogen-bond donors (Lipinski definition) is 0. The first kappa shape index (κ1) is 44.4. The van der Waals surface area contributed by atoms with Gasteiger partial charge in [-0.15, -0.1) is 0 Å². The van der Waals surface area contributed by atoms with Crippen molar-refractivity contribution in [2.24, 2.45) is 0 Å². The van der Waals surface area contributed by atoms with Gasteiger partial charge in [-0.25, -0.2) is 19.1 Å². The molecular formula is C68H40N14. The second-order valence-electron chi connectivity index (χ2n) is 20.5. The summed E-state index contributed by atoms with van der Waals surface area (Å²) in [5, 5.41) is 4.22. The number of nitrogens with zero attached hydrogens (tertiary/aromatic N) is 14. The van der Waals surface area contributed by atoms with Crippen molar-refractivity contribution in [1.82, 2.24) is 66.9 Å². The maximum absolute atomic E-state index is 5.46. The molecule has 0 saturated heterocycles.